The highest BCUT2D eigenvalue weighted by Crippen LogP contribution is 2.37. The number of rotatable bonds is 6. The normalized spacial score (nSPS) is 13.1. The number of pyridine rings is 1. The maximum Gasteiger partial charge on any atom is 0.265 e. The second-order valence-corrected chi connectivity index (χ2v) is 8.17. The molecule has 0 bridgehead atoms. The number of aromatic nitrogens is 1. The van der Waals surface area contributed by atoms with Crippen LogP contribution in [0.1, 0.15) is 28.4 Å². The van der Waals surface area contributed by atoms with Gasteiger partial charge in [-0.05, 0) is 48.0 Å². The van der Waals surface area contributed by atoms with Gasteiger partial charge in [-0.25, -0.2) is 0 Å². The maximum atomic E-state index is 13.5. The molecule has 34 heavy (non-hydrogen) atoms. The van der Waals surface area contributed by atoms with E-state index in [0.29, 0.717) is 33.8 Å². The summed E-state index contributed by atoms with van der Waals surface area (Å²) < 4.78 is 12.3. The fraction of sp³-hybridized carbons (Fsp3) is 0.154. The van der Waals surface area contributed by atoms with E-state index in [9.17, 15) is 14.7 Å². The van der Waals surface area contributed by atoms with Crippen LogP contribution in [-0.4, -0.2) is 22.2 Å². The summed E-state index contributed by atoms with van der Waals surface area (Å²) in [7, 11) is 1.58. The molecule has 5 rings (SSSR count). The lowest BCUT2D eigenvalue weighted by molar-refractivity contribution is 0.0972. The summed E-state index contributed by atoms with van der Waals surface area (Å²) >= 11 is 0. The van der Waals surface area contributed by atoms with Gasteiger partial charge in [0.15, 0.2) is 17.3 Å². The first kappa shape index (κ1) is 21.4. The summed E-state index contributed by atoms with van der Waals surface area (Å²) in [6.07, 6.45) is -0.0877. The fourth-order valence-electron chi connectivity index (χ4n) is 4.23. The highest BCUT2D eigenvalue weighted by molar-refractivity contribution is 6.03. The lowest BCUT2D eigenvalue weighted by Gasteiger charge is -2.21. The van der Waals surface area contributed by atoms with Gasteiger partial charge in [-0.2, -0.15) is 0 Å². The number of para-hydroxylation sites is 1. The number of aryl methyl sites for hydroxylation is 1. The third kappa shape index (κ3) is 3.79. The van der Waals surface area contributed by atoms with E-state index in [1.807, 2.05) is 12.1 Å². The Morgan fingerprint density at radius 1 is 1.09 bits per heavy atom. The Morgan fingerprint density at radius 3 is 2.71 bits per heavy atom. The molecule has 1 aliphatic heterocycles. The lowest BCUT2D eigenvalue weighted by Crippen LogP contribution is -2.26. The molecule has 8 nitrogen and oxygen atoms in total. The van der Waals surface area contributed by atoms with Crippen molar-refractivity contribution >= 4 is 28.1 Å². The number of fused-ring (bicyclic) bond motifs is 2. The summed E-state index contributed by atoms with van der Waals surface area (Å²) in [6, 6.07) is 19.0. The van der Waals surface area contributed by atoms with E-state index in [1.165, 1.54) is 4.57 Å². The van der Waals surface area contributed by atoms with Gasteiger partial charge in [0.25, 0.3) is 5.56 Å². The van der Waals surface area contributed by atoms with Gasteiger partial charge in [-0.3, -0.25) is 9.59 Å². The summed E-state index contributed by atoms with van der Waals surface area (Å²) in [5.74, 6) is 0.410. The number of Topliss-reactive ketones (excluding diaryl/α,β-unsaturated/α-hetero) is 1. The van der Waals surface area contributed by atoms with E-state index >= 15 is 0 Å². The molecule has 1 atom stereocenters. The molecule has 3 aromatic carbocycles. The smallest absolute Gasteiger partial charge is 0.265 e. The second kappa shape index (κ2) is 8.47. The average molecular weight is 457 g/mol. The molecule has 0 aliphatic carbocycles. The summed E-state index contributed by atoms with van der Waals surface area (Å²) in [5.41, 5.74) is 7.74. The molecule has 8 heteroatoms. The van der Waals surface area contributed by atoms with Gasteiger partial charge in [-0.1, -0.05) is 24.3 Å². The Labute approximate surface area is 195 Å². The standard InChI is InChI=1S/C26H23N3O5/c1-29-20-8-3-2-7-18(20)25(31)24(26(29)32)21(30)13-19(28-17-6-4-5-16(27)12-17)15-9-10-22-23(11-15)34-14-33-22/h2-12,19,28,31H,13-14,27H2,1H3/t19-/m1/s1. The van der Waals surface area contributed by atoms with Crippen molar-refractivity contribution in [1.82, 2.24) is 4.57 Å². The Balaban J connectivity index is 1.55. The van der Waals surface area contributed by atoms with Crippen LogP contribution in [0.4, 0.5) is 11.4 Å². The number of hydrogen-bond donors (Lipinski definition) is 3. The van der Waals surface area contributed by atoms with Crippen molar-refractivity contribution in [2.75, 3.05) is 17.8 Å². The number of benzene rings is 3. The van der Waals surface area contributed by atoms with E-state index in [1.54, 1.807) is 61.6 Å². The number of nitrogens with two attached hydrogens (primary N) is 1. The molecule has 4 N–H and O–H groups in total. The second-order valence-electron chi connectivity index (χ2n) is 8.17. The highest BCUT2D eigenvalue weighted by Gasteiger charge is 2.26. The molecule has 1 aliphatic rings. The first-order chi connectivity index (χ1) is 16.4. The largest absolute Gasteiger partial charge is 0.506 e. The van der Waals surface area contributed by atoms with Crippen molar-refractivity contribution in [3.63, 3.8) is 0 Å². The van der Waals surface area contributed by atoms with Crippen LogP contribution in [0.5, 0.6) is 17.2 Å². The monoisotopic (exact) mass is 457 g/mol. The van der Waals surface area contributed by atoms with Gasteiger partial charge >= 0.3 is 0 Å². The van der Waals surface area contributed by atoms with Crippen molar-refractivity contribution in [1.29, 1.82) is 0 Å². The third-order valence-corrected chi connectivity index (χ3v) is 5.97. The molecule has 0 fully saturated rings. The Hall–Kier alpha value is -4.46. The number of nitrogens with one attached hydrogen (secondary N) is 1. The average Bonchev–Trinajstić information content (AvgIpc) is 3.30. The fourth-order valence-corrected chi connectivity index (χ4v) is 4.23. The zero-order valence-corrected chi connectivity index (χ0v) is 18.4. The minimum absolute atomic E-state index is 0.0877. The van der Waals surface area contributed by atoms with Crippen LogP contribution in [0, 0.1) is 0 Å². The van der Waals surface area contributed by atoms with Gasteiger partial charge in [-0.15, -0.1) is 0 Å². The molecule has 1 aromatic heterocycles. The number of ketones is 1. The predicted octanol–water partition coefficient (Wildman–Crippen LogP) is 3.98. The van der Waals surface area contributed by atoms with Gasteiger partial charge in [0.2, 0.25) is 6.79 Å². The van der Waals surface area contributed by atoms with Gasteiger partial charge < -0.3 is 30.2 Å². The zero-order chi connectivity index (χ0) is 23.8. The van der Waals surface area contributed by atoms with Crippen molar-refractivity contribution in [2.45, 2.75) is 12.5 Å². The van der Waals surface area contributed by atoms with Crippen molar-refractivity contribution in [3.05, 3.63) is 88.2 Å². The van der Waals surface area contributed by atoms with Crippen molar-refractivity contribution < 1.29 is 19.4 Å². The first-order valence-corrected chi connectivity index (χ1v) is 10.8. The molecule has 0 amide bonds. The number of hydrogen-bond acceptors (Lipinski definition) is 7. The molecule has 0 saturated carbocycles. The molecular weight excluding hydrogens is 434 g/mol. The molecule has 172 valence electrons. The number of aromatic hydroxyl groups is 1. The van der Waals surface area contributed by atoms with Gasteiger partial charge in [0.05, 0.1) is 11.6 Å². The van der Waals surface area contributed by atoms with Crippen LogP contribution in [-0.2, 0) is 7.05 Å². The van der Waals surface area contributed by atoms with Gasteiger partial charge in [0.1, 0.15) is 11.3 Å². The summed E-state index contributed by atoms with van der Waals surface area (Å²) in [6.45, 7) is 0.131. The lowest BCUT2D eigenvalue weighted by atomic mass is 9.96. The van der Waals surface area contributed by atoms with Gasteiger partial charge in [0, 0.05) is 30.2 Å². The van der Waals surface area contributed by atoms with Crippen LogP contribution in [0.2, 0.25) is 0 Å². The first-order valence-electron chi connectivity index (χ1n) is 10.8. The quantitative estimate of drug-likeness (QED) is 0.296. The number of nitrogen functional groups attached to an aromatic ring is 1. The predicted molar refractivity (Wildman–Crippen MR) is 130 cm³/mol. The van der Waals surface area contributed by atoms with Crippen LogP contribution < -0.4 is 26.1 Å². The molecule has 0 unspecified atom stereocenters. The Kier molecular flexibility index (Phi) is 5.33. The topological polar surface area (TPSA) is 116 Å². The minimum Gasteiger partial charge on any atom is -0.506 e. The molecule has 4 aromatic rings. The van der Waals surface area contributed by atoms with Crippen LogP contribution in [0.3, 0.4) is 0 Å². The van der Waals surface area contributed by atoms with E-state index in [0.717, 1.165) is 5.56 Å². The Bertz CT molecular complexity index is 1480. The molecule has 0 radical (unpaired) electrons. The van der Waals surface area contributed by atoms with Crippen LogP contribution in [0.15, 0.2) is 71.5 Å². The number of ether oxygens (including phenoxy) is 2. The number of carbonyl (C=O) groups is 1. The molecular formula is C26H23N3O5. The number of anilines is 2. The van der Waals surface area contributed by atoms with Crippen LogP contribution in [0.25, 0.3) is 10.9 Å². The highest BCUT2D eigenvalue weighted by atomic mass is 16.7. The number of nitrogens with zero attached hydrogens (tertiary/aromatic N) is 1. The SMILES string of the molecule is Cn1c(=O)c(C(=O)C[C@@H](Nc2cccc(N)c2)c2ccc3c(c2)OCO3)c(O)c2ccccc21. The Morgan fingerprint density at radius 2 is 1.88 bits per heavy atom. The summed E-state index contributed by atoms with van der Waals surface area (Å²) in [4.78, 5) is 26.5. The summed E-state index contributed by atoms with van der Waals surface area (Å²) in [5, 5.41) is 14.6. The minimum atomic E-state index is -0.547. The number of carbonyl (C=O) groups excluding carboxylic acids is 1. The molecule has 2 heterocycles. The van der Waals surface area contributed by atoms with E-state index < -0.39 is 17.4 Å². The zero-order valence-electron chi connectivity index (χ0n) is 18.4. The van der Waals surface area contributed by atoms with Crippen molar-refractivity contribution in [2.24, 2.45) is 7.05 Å². The molecule has 0 saturated heterocycles. The van der Waals surface area contributed by atoms with E-state index in [2.05, 4.69) is 5.32 Å². The van der Waals surface area contributed by atoms with Crippen molar-refractivity contribution in [3.8, 4) is 17.2 Å². The van der Waals surface area contributed by atoms with Crippen LogP contribution >= 0.6 is 0 Å². The third-order valence-electron chi connectivity index (χ3n) is 5.97. The van der Waals surface area contributed by atoms with E-state index in [-0.39, 0.29) is 24.5 Å². The molecule has 0 spiro atoms. The van der Waals surface area contributed by atoms with E-state index in [4.69, 9.17) is 15.2 Å². The maximum absolute atomic E-state index is 13.5.